The molecule has 1 aromatic rings. The van der Waals surface area contributed by atoms with Gasteiger partial charge in [-0.3, -0.25) is 0 Å². The van der Waals surface area contributed by atoms with Crippen molar-refractivity contribution in [2.45, 2.75) is 25.0 Å². The zero-order valence-electron chi connectivity index (χ0n) is 10.7. The molecule has 5 nitrogen and oxygen atoms in total. The van der Waals surface area contributed by atoms with Gasteiger partial charge in [0.1, 0.15) is 6.29 Å². The highest BCUT2D eigenvalue weighted by molar-refractivity contribution is 5.78. The molecule has 1 aliphatic heterocycles. The molecule has 0 spiro atoms. The highest BCUT2D eigenvalue weighted by Crippen LogP contribution is 2.09. The minimum absolute atomic E-state index is 0.287. The average molecular weight is 262 g/mol. The van der Waals surface area contributed by atoms with E-state index in [0.29, 0.717) is 25.9 Å². The molecule has 2 amide bonds. The number of carbonyl (C=O) groups excluding carboxylic acids is 2. The first kappa shape index (κ1) is 13.5. The summed E-state index contributed by atoms with van der Waals surface area (Å²) in [5.41, 5.74) is 1.00. The third-order valence-corrected chi connectivity index (χ3v) is 3.22. The smallest absolute Gasteiger partial charge is 0.318 e. The SMILES string of the molecule is O=C[C@H](Cc1ccccc1)NC(=O)N1CC[C@H](O)C1. The van der Waals surface area contributed by atoms with Crippen LogP contribution < -0.4 is 5.32 Å². The van der Waals surface area contributed by atoms with Crippen molar-refractivity contribution in [3.8, 4) is 0 Å². The number of aliphatic hydroxyl groups excluding tert-OH is 1. The molecule has 2 N–H and O–H groups in total. The van der Waals surface area contributed by atoms with E-state index < -0.39 is 12.1 Å². The molecule has 1 aromatic carbocycles. The van der Waals surface area contributed by atoms with Crippen LogP contribution in [-0.2, 0) is 11.2 Å². The monoisotopic (exact) mass is 262 g/mol. The fraction of sp³-hybridized carbons (Fsp3) is 0.429. The Morgan fingerprint density at radius 3 is 2.79 bits per heavy atom. The van der Waals surface area contributed by atoms with Crippen LogP contribution in [0.3, 0.4) is 0 Å². The lowest BCUT2D eigenvalue weighted by Gasteiger charge is -2.19. The molecule has 1 saturated heterocycles. The van der Waals surface area contributed by atoms with Crippen LogP contribution in [0.25, 0.3) is 0 Å². The van der Waals surface area contributed by atoms with E-state index in [1.165, 1.54) is 4.90 Å². The number of likely N-dealkylation sites (tertiary alicyclic amines) is 1. The fourth-order valence-electron chi connectivity index (χ4n) is 2.18. The number of β-amino-alcohol motifs (C(OH)–C–C–N with tert-alkyl or cyclic N) is 1. The summed E-state index contributed by atoms with van der Waals surface area (Å²) >= 11 is 0. The van der Waals surface area contributed by atoms with E-state index >= 15 is 0 Å². The summed E-state index contributed by atoms with van der Waals surface area (Å²) in [5, 5.41) is 12.1. The number of amides is 2. The van der Waals surface area contributed by atoms with Crippen LogP contribution in [0, 0.1) is 0 Å². The van der Waals surface area contributed by atoms with Gasteiger partial charge in [-0.2, -0.15) is 0 Å². The first-order valence-corrected chi connectivity index (χ1v) is 6.42. The summed E-state index contributed by atoms with van der Waals surface area (Å²) in [5.74, 6) is 0. The second-order valence-corrected chi connectivity index (χ2v) is 4.77. The molecule has 102 valence electrons. The average Bonchev–Trinajstić information content (AvgIpc) is 2.86. The number of nitrogens with one attached hydrogen (secondary N) is 1. The quantitative estimate of drug-likeness (QED) is 0.780. The van der Waals surface area contributed by atoms with Crippen molar-refractivity contribution >= 4 is 12.3 Å². The third-order valence-electron chi connectivity index (χ3n) is 3.22. The first-order chi connectivity index (χ1) is 9.19. The van der Waals surface area contributed by atoms with Gasteiger partial charge in [-0.25, -0.2) is 4.79 Å². The number of rotatable bonds is 4. The molecule has 0 bridgehead atoms. The lowest BCUT2D eigenvalue weighted by atomic mass is 10.1. The van der Waals surface area contributed by atoms with Gasteiger partial charge in [0, 0.05) is 13.1 Å². The Bertz CT molecular complexity index is 436. The summed E-state index contributed by atoms with van der Waals surface area (Å²) in [6.07, 6.45) is 1.37. The van der Waals surface area contributed by atoms with Crippen LogP contribution in [0.2, 0.25) is 0 Å². The molecule has 5 heteroatoms. The van der Waals surface area contributed by atoms with Gasteiger partial charge in [0.15, 0.2) is 0 Å². The van der Waals surface area contributed by atoms with Gasteiger partial charge in [-0.1, -0.05) is 30.3 Å². The number of hydrogen-bond acceptors (Lipinski definition) is 3. The van der Waals surface area contributed by atoms with Gasteiger partial charge in [0.2, 0.25) is 0 Å². The lowest BCUT2D eigenvalue weighted by Crippen LogP contribution is -2.45. The second kappa shape index (κ2) is 6.33. The third kappa shape index (κ3) is 3.79. The maximum Gasteiger partial charge on any atom is 0.318 e. The molecule has 2 atom stereocenters. The van der Waals surface area contributed by atoms with Crippen LogP contribution in [0.4, 0.5) is 4.79 Å². The van der Waals surface area contributed by atoms with Crippen molar-refractivity contribution in [1.29, 1.82) is 0 Å². The molecular weight excluding hydrogens is 244 g/mol. The van der Waals surface area contributed by atoms with E-state index in [-0.39, 0.29) is 6.03 Å². The number of urea groups is 1. The summed E-state index contributed by atoms with van der Waals surface area (Å²) in [6.45, 7) is 0.868. The van der Waals surface area contributed by atoms with Crippen LogP contribution in [0.5, 0.6) is 0 Å². The molecular formula is C14H18N2O3. The molecule has 2 rings (SSSR count). The largest absolute Gasteiger partial charge is 0.391 e. The Morgan fingerprint density at radius 1 is 1.47 bits per heavy atom. The minimum Gasteiger partial charge on any atom is -0.391 e. The van der Waals surface area contributed by atoms with Crippen LogP contribution in [-0.4, -0.2) is 47.6 Å². The molecule has 0 aliphatic carbocycles. The van der Waals surface area contributed by atoms with Crippen molar-refractivity contribution < 1.29 is 14.7 Å². The van der Waals surface area contributed by atoms with E-state index in [1.807, 2.05) is 30.3 Å². The second-order valence-electron chi connectivity index (χ2n) is 4.77. The number of benzene rings is 1. The van der Waals surface area contributed by atoms with E-state index in [0.717, 1.165) is 11.8 Å². The molecule has 1 aliphatic rings. The Kier molecular flexibility index (Phi) is 4.52. The van der Waals surface area contributed by atoms with Crippen LogP contribution in [0.1, 0.15) is 12.0 Å². The first-order valence-electron chi connectivity index (χ1n) is 6.42. The maximum atomic E-state index is 11.9. The number of aldehydes is 1. The topological polar surface area (TPSA) is 69.6 Å². The van der Waals surface area contributed by atoms with Gasteiger partial charge in [-0.15, -0.1) is 0 Å². The minimum atomic E-state index is -0.535. The number of hydrogen-bond donors (Lipinski definition) is 2. The van der Waals surface area contributed by atoms with Gasteiger partial charge < -0.3 is 20.1 Å². The van der Waals surface area contributed by atoms with Gasteiger partial charge in [0.05, 0.1) is 12.1 Å². The summed E-state index contributed by atoms with van der Waals surface area (Å²) in [4.78, 5) is 24.5. The molecule has 19 heavy (non-hydrogen) atoms. The number of carbonyl (C=O) groups is 2. The molecule has 1 fully saturated rings. The zero-order chi connectivity index (χ0) is 13.7. The maximum absolute atomic E-state index is 11.9. The predicted molar refractivity (Wildman–Crippen MR) is 70.7 cm³/mol. The number of aliphatic hydroxyl groups is 1. The molecule has 0 aromatic heterocycles. The van der Waals surface area contributed by atoms with Crippen molar-refractivity contribution in [2.24, 2.45) is 0 Å². The Balaban J connectivity index is 1.88. The van der Waals surface area contributed by atoms with Crippen LogP contribution in [0.15, 0.2) is 30.3 Å². The standard InChI is InChI=1S/C14H18N2O3/c17-10-12(8-11-4-2-1-3-5-11)15-14(19)16-7-6-13(18)9-16/h1-5,10,12-13,18H,6-9H2,(H,15,19)/t12-,13-/m0/s1. The van der Waals surface area contributed by atoms with Crippen molar-refractivity contribution in [3.05, 3.63) is 35.9 Å². The van der Waals surface area contributed by atoms with Gasteiger partial charge >= 0.3 is 6.03 Å². The van der Waals surface area contributed by atoms with Crippen molar-refractivity contribution in [2.75, 3.05) is 13.1 Å². The van der Waals surface area contributed by atoms with E-state index in [2.05, 4.69) is 5.32 Å². The molecule has 1 heterocycles. The van der Waals surface area contributed by atoms with Gasteiger partial charge in [-0.05, 0) is 18.4 Å². The van der Waals surface area contributed by atoms with E-state index in [9.17, 15) is 14.7 Å². The zero-order valence-corrected chi connectivity index (χ0v) is 10.7. The van der Waals surface area contributed by atoms with Crippen molar-refractivity contribution in [1.82, 2.24) is 10.2 Å². The highest BCUT2D eigenvalue weighted by atomic mass is 16.3. The highest BCUT2D eigenvalue weighted by Gasteiger charge is 2.25. The summed E-state index contributed by atoms with van der Waals surface area (Å²) < 4.78 is 0. The number of nitrogens with zero attached hydrogens (tertiary/aromatic N) is 1. The van der Waals surface area contributed by atoms with E-state index in [4.69, 9.17) is 0 Å². The summed E-state index contributed by atoms with van der Waals surface area (Å²) in [6, 6.07) is 8.72. The molecule has 0 unspecified atom stereocenters. The van der Waals surface area contributed by atoms with Gasteiger partial charge in [0.25, 0.3) is 0 Å². The van der Waals surface area contributed by atoms with E-state index in [1.54, 1.807) is 0 Å². The van der Waals surface area contributed by atoms with Crippen LogP contribution >= 0.6 is 0 Å². The Morgan fingerprint density at radius 2 is 2.21 bits per heavy atom. The fourth-order valence-corrected chi connectivity index (χ4v) is 2.18. The Hall–Kier alpha value is -1.88. The normalized spacial score (nSPS) is 20.1. The summed E-state index contributed by atoms with van der Waals surface area (Å²) in [7, 11) is 0. The van der Waals surface area contributed by atoms with Crippen molar-refractivity contribution in [3.63, 3.8) is 0 Å². The Labute approximate surface area is 112 Å². The molecule has 0 radical (unpaired) electrons. The molecule has 0 saturated carbocycles. The predicted octanol–water partition coefficient (Wildman–Crippen LogP) is 0.573. The lowest BCUT2D eigenvalue weighted by molar-refractivity contribution is -0.109.